The van der Waals surface area contributed by atoms with E-state index >= 15 is 0 Å². The zero-order valence-electron chi connectivity index (χ0n) is 11.0. The lowest BCUT2D eigenvalue weighted by Crippen LogP contribution is -2.57. The summed E-state index contributed by atoms with van der Waals surface area (Å²) in [6, 6.07) is 0. The third-order valence-electron chi connectivity index (χ3n) is 4.08. The van der Waals surface area contributed by atoms with Crippen molar-refractivity contribution in [3.05, 3.63) is 11.6 Å². The molecule has 0 bridgehead atoms. The van der Waals surface area contributed by atoms with Crippen molar-refractivity contribution < 1.29 is 23.8 Å². The summed E-state index contributed by atoms with van der Waals surface area (Å²) in [4.78, 5) is 23.0. The summed E-state index contributed by atoms with van der Waals surface area (Å²) in [6.07, 6.45) is 4.19. The van der Waals surface area contributed by atoms with Crippen LogP contribution >= 0.6 is 0 Å². The molecule has 0 unspecified atom stereocenters. The summed E-state index contributed by atoms with van der Waals surface area (Å²) in [7, 11) is 0. The summed E-state index contributed by atoms with van der Waals surface area (Å²) in [5, 5.41) is 0. The number of carbonyl (C=O) groups is 2. The van der Waals surface area contributed by atoms with Crippen molar-refractivity contribution in [3.63, 3.8) is 0 Å². The molecule has 1 aliphatic carbocycles. The zero-order chi connectivity index (χ0) is 13.5. The molecule has 2 aliphatic heterocycles. The molecule has 2 saturated heterocycles. The molecule has 0 saturated carbocycles. The molecule has 104 valence electrons. The van der Waals surface area contributed by atoms with Gasteiger partial charge in [0.25, 0.3) is 0 Å². The molecule has 2 fully saturated rings. The minimum Gasteiger partial charge on any atom is -0.456 e. The van der Waals surface area contributed by atoms with E-state index in [4.69, 9.17) is 14.2 Å². The number of allylic oxidation sites excluding steroid dienone is 1. The molecular weight excluding hydrogens is 248 g/mol. The molecule has 0 amide bonds. The summed E-state index contributed by atoms with van der Waals surface area (Å²) in [6.45, 7) is 2.39. The maximum Gasteiger partial charge on any atom is 0.303 e. The first-order valence-corrected chi connectivity index (χ1v) is 6.79. The smallest absolute Gasteiger partial charge is 0.303 e. The van der Waals surface area contributed by atoms with Crippen molar-refractivity contribution in [1.29, 1.82) is 0 Å². The zero-order valence-corrected chi connectivity index (χ0v) is 11.0. The van der Waals surface area contributed by atoms with E-state index < -0.39 is 11.9 Å². The number of esters is 1. The number of carbonyl (C=O) groups excluding carboxylic acids is 2. The highest BCUT2D eigenvalue weighted by Crippen LogP contribution is 2.44. The molecule has 2 heterocycles. The number of hydrogen-bond acceptors (Lipinski definition) is 5. The van der Waals surface area contributed by atoms with E-state index in [0.717, 1.165) is 18.4 Å². The van der Waals surface area contributed by atoms with Gasteiger partial charge in [0.05, 0.1) is 13.2 Å². The Bertz CT molecular complexity index is 433. The lowest BCUT2D eigenvalue weighted by molar-refractivity contribution is -0.317. The first kappa shape index (κ1) is 12.8. The Morgan fingerprint density at radius 3 is 2.95 bits per heavy atom. The van der Waals surface area contributed by atoms with E-state index in [0.29, 0.717) is 26.1 Å². The third-order valence-corrected chi connectivity index (χ3v) is 4.08. The molecule has 3 atom stereocenters. The minimum atomic E-state index is -0.851. The van der Waals surface area contributed by atoms with Crippen LogP contribution in [0.4, 0.5) is 0 Å². The van der Waals surface area contributed by atoms with Gasteiger partial charge in [0.15, 0.2) is 11.9 Å². The van der Waals surface area contributed by atoms with Crippen LogP contribution in [0.1, 0.15) is 32.6 Å². The Kier molecular flexibility index (Phi) is 3.19. The fourth-order valence-corrected chi connectivity index (χ4v) is 3.24. The fourth-order valence-electron chi connectivity index (χ4n) is 3.24. The molecule has 19 heavy (non-hydrogen) atoms. The van der Waals surface area contributed by atoms with Crippen LogP contribution in [0, 0.1) is 5.92 Å². The predicted octanol–water partition coefficient (Wildman–Crippen LogP) is 1.36. The molecule has 5 nitrogen and oxygen atoms in total. The molecule has 0 aromatic carbocycles. The number of fused-ring (bicyclic) bond motifs is 1. The lowest BCUT2D eigenvalue weighted by atomic mass is 9.83. The normalized spacial score (nSPS) is 37.9. The highest BCUT2D eigenvalue weighted by atomic mass is 16.7. The Balaban J connectivity index is 1.90. The summed E-state index contributed by atoms with van der Waals surface area (Å²) < 4.78 is 17.2. The topological polar surface area (TPSA) is 61.8 Å². The summed E-state index contributed by atoms with van der Waals surface area (Å²) in [5.74, 6) is -1.21. The quantitative estimate of drug-likeness (QED) is 0.671. The van der Waals surface area contributed by atoms with Crippen LogP contribution in [0.5, 0.6) is 0 Å². The molecule has 0 aromatic heterocycles. The van der Waals surface area contributed by atoms with Crippen LogP contribution in [0.2, 0.25) is 0 Å². The maximum absolute atomic E-state index is 11.6. The summed E-state index contributed by atoms with van der Waals surface area (Å²) in [5.41, 5.74) is 0.927. The van der Waals surface area contributed by atoms with E-state index in [1.54, 1.807) is 6.08 Å². The van der Waals surface area contributed by atoms with Crippen LogP contribution in [-0.4, -0.2) is 36.9 Å². The molecule has 1 spiro atoms. The first-order chi connectivity index (χ1) is 9.11. The van der Waals surface area contributed by atoms with E-state index in [-0.39, 0.29) is 17.7 Å². The monoisotopic (exact) mass is 266 g/mol. The van der Waals surface area contributed by atoms with Gasteiger partial charge in [-0.05, 0) is 24.5 Å². The van der Waals surface area contributed by atoms with Gasteiger partial charge in [-0.1, -0.05) is 0 Å². The van der Waals surface area contributed by atoms with E-state index in [1.807, 2.05) is 0 Å². The first-order valence-electron chi connectivity index (χ1n) is 6.79. The molecule has 0 N–H and O–H groups in total. The average Bonchev–Trinajstić information content (AvgIpc) is 2.75. The van der Waals surface area contributed by atoms with Crippen LogP contribution in [-0.2, 0) is 23.8 Å². The second kappa shape index (κ2) is 4.72. The number of ketones is 1. The molecule has 0 aromatic rings. The standard InChI is InChI=1S/C14H18O5/c1-9(15)19-13-12-7-11(16)6-10(12)8-18-14(13)4-2-3-5-17-14/h6,12-13H,2-5,7-8H2,1H3/t12-,13-,14-/m0/s1. The van der Waals surface area contributed by atoms with Crippen molar-refractivity contribution in [2.24, 2.45) is 5.92 Å². The Labute approximate surface area is 111 Å². The number of hydrogen-bond donors (Lipinski definition) is 0. The van der Waals surface area contributed by atoms with Crippen molar-refractivity contribution in [2.45, 2.75) is 44.5 Å². The van der Waals surface area contributed by atoms with Crippen LogP contribution < -0.4 is 0 Å². The van der Waals surface area contributed by atoms with Crippen molar-refractivity contribution in [3.8, 4) is 0 Å². The van der Waals surface area contributed by atoms with Gasteiger partial charge in [-0.2, -0.15) is 0 Å². The molecule has 5 heteroatoms. The minimum absolute atomic E-state index is 0.0774. The Morgan fingerprint density at radius 2 is 2.26 bits per heavy atom. The SMILES string of the molecule is CC(=O)O[C@H]1[C@H]2CC(=O)C=C2CO[C@@]12CCCCO2. The van der Waals surface area contributed by atoms with Crippen LogP contribution in [0.15, 0.2) is 11.6 Å². The second-order valence-corrected chi connectivity index (χ2v) is 5.43. The van der Waals surface area contributed by atoms with E-state index in [9.17, 15) is 9.59 Å². The van der Waals surface area contributed by atoms with Gasteiger partial charge < -0.3 is 14.2 Å². The Morgan fingerprint density at radius 1 is 1.42 bits per heavy atom. The predicted molar refractivity (Wildman–Crippen MR) is 65.2 cm³/mol. The van der Waals surface area contributed by atoms with E-state index in [2.05, 4.69) is 0 Å². The van der Waals surface area contributed by atoms with Crippen molar-refractivity contribution in [1.82, 2.24) is 0 Å². The Hall–Kier alpha value is -1.20. The molecular formula is C14H18O5. The van der Waals surface area contributed by atoms with Gasteiger partial charge in [-0.15, -0.1) is 0 Å². The molecule has 3 rings (SSSR count). The van der Waals surface area contributed by atoms with Gasteiger partial charge in [0, 0.05) is 25.7 Å². The number of rotatable bonds is 1. The van der Waals surface area contributed by atoms with Gasteiger partial charge >= 0.3 is 5.97 Å². The van der Waals surface area contributed by atoms with Gasteiger partial charge in [-0.25, -0.2) is 0 Å². The molecule has 0 radical (unpaired) electrons. The highest BCUT2D eigenvalue weighted by molar-refractivity contribution is 5.93. The van der Waals surface area contributed by atoms with Gasteiger partial charge in [-0.3, -0.25) is 9.59 Å². The second-order valence-electron chi connectivity index (χ2n) is 5.43. The summed E-state index contributed by atoms with van der Waals surface area (Å²) >= 11 is 0. The van der Waals surface area contributed by atoms with Gasteiger partial charge in [0.1, 0.15) is 0 Å². The van der Waals surface area contributed by atoms with Crippen molar-refractivity contribution in [2.75, 3.05) is 13.2 Å². The largest absolute Gasteiger partial charge is 0.456 e. The fraction of sp³-hybridized carbons (Fsp3) is 0.714. The van der Waals surface area contributed by atoms with Crippen molar-refractivity contribution >= 4 is 11.8 Å². The highest BCUT2D eigenvalue weighted by Gasteiger charge is 2.54. The van der Waals surface area contributed by atoms with Gasteiger partial charge in [0.2, 0.25) is 5.79 Å². The lowest BCUT2D eigenvalue weighted by Gasteiger charge is -2.47. The average molecular weight is 266 g/mol. The third kappa shape index (κ3) is 2.21. The maximum atomic E-state index is 11.6. The number of ether oxygens (including phenoxy) is 3. The molecule has 3 aliphatic rings. The van der Waals surface area contributed by atoms with E-state index in [1.165, 1.54) is 6.92 Å². The van der Waals surface area contributed by atoms with Crippen LogP contribution in [0.25, 0.3) is 0 Å². The van der Waals surface area contributed by atoms with Crippen LogP contribution in [0.3, 0.4) is 0 Å².